The molecule has 0 aliphatic heterocycles. The van der Waals surface area contributed by atoms with Crippen LogP contribution in [-0.4, -0.2) is 12.6 Å². The third-order valence-electron chi connectivity index (χ3n) is 3.00. The lowest BCUT2D eigenvalue weighted by Gasteiger charge is -2.09. The molecule has 0 unspecified atom stereocenters. The van der Waals surface area contributed by atoms with Gasteiger partial charge in [0.15, 0.2) is 0 Å². The first kappa shape index (κ1) is 14.6. The Bertz CT molecular complexity index is 674. The Morgan fingerprint density at radius 3 is 2.57 bits per heavy atom. The zero-order valence-electron chi connectivity index (χ0n) is 11.7. The van der Waals surface area contributed by atoms with Gasteiger partial charge in [0, 0.05) is 4.91 Å². The van der Waals surface area contributed by atoms with Crippen molar-refractivity contribution in [2.75, 3.05) is 6.61 Å². The fraction of sp³-hybridized carbons (Fsp3) is 0.188. The molecule has 0 aliphatic rings. The number of hydrogen-bond acceptors (Lipinski definition) is 3. The van der Waals surface area contributed by atoms with E-state index in [-0.39, 0.29) is 5.97 Å². The van der Waals surface area contributed by atoms with Gasteiger partial charge in [-0.2, -0.15) is 0 Å². The molecule has 0 radical (unpaired) electrons. The van der Waals surface area contributed by atoms with Gasteiger partial charge in [-0.1, -0.05) is 47.6 Å². The van der Waals surface area contributed by atoms with Crippen LogP contribution in [0.15, 0.2) is 53.6 Å². The van der Waals surface area contributed by atoms with Crippen molar-refractivity contribution in [1.82, 2.24) is 0 Å². The molecule has 0 bridgehead atoms. The number of carbonyl (C=O) groups excluding carboxylic acids is 1. The maximum Gasteiger partial charge on any atom is 0.338 e. The first-order valence-electron chi connectivity index (χ1n) is 6.62. The first-order chi connectivity index (χ1) is 10.3. The Kier molecular flexibility index (Phi) is 4.96. The molecule has 21 heavy (non-hydrogen) atoms. The van der Waals surface area contributed by atoms with Crippen molar-refractivity contribution < 1.29 is 9.53 Å². The zero-order valence-corrected chi connectivity index (χ0v) is 11.7. The number of nitrogens with zero attached hydrogens (tertiary/aromatic N) is 3. The fourth-order valence-corrected chi connectivity index (χ4v) is 2.02. The lowest BCUT2D eigenvalue weighted by atomic mass is 9.99. The first-order valence-corrected chi connectivity index (χ1v) is 6.62. The van der Waals surface area contributed by atoms with Crippen molar-refractivity contribution in [3.05, 3.63) is 70.1 Å². The molecule has 0 saturated carbocycles. The van der Waals surface area contributed by atoms with Crippen LogP contribution in [0, 0.1) is 0 Å². The highest BCUT2D eigenvalue weighted by molar-refractivity contribution is 5.97. The Morgan fingerprint density at radius 1 is 1.19 bits per heavy atom. The summed E-state index contributed by atoms with van der Waals surface area (Å²) in [4.78, 5) is 14.7. The van der Waals surface area contributed by atoms with E-state index in [1.165, 1.54) is 0 Å². The second-order valence-electron chi connectivity index (χ2n) is 4.35. The van der Waals surface area contributed by atoms with E-state index in [2.05, 4.69) is 10.0 Å². The van der Waals surface area contributed by atoms with Crippen LogP contribution in [0.5, 0.6) is 0 Å². The summed E-state index contributed by atoms with van der Waals surface area (Å²) >= 11 is 0. The highest BCUT2D eigenvalue weighted by Crippen LogP contribution is 2.25. The average molecular weight is 281 g/mol. The maximum absolute atomic E-state index is 12.0. The lowest BCUT2D eigenvalue weighted by molar-refractivity contribution is 0.0527. The third kappa shape index (κ3) is 3.61. The maximum atomic E-state index is 12.0. The summed E-state index contributed by atoms with van der Waals surface area (Å²) in [7, 11) is 0. The summed E-state index contributed by atoms with van der Waals surface area (Å²) in [5.74, 6) is -0.328. The van der Waals surface area contributed by atoms with Gasteiger partial charge in [-0.05, 0) is 35.2 Å². The van der Waals surface area contributed by atoms with Crippen molar-refractivity contribution in [3.8, 4) is 11.1 Å². The summed E-state index contributed by atoms with van der Waals surface area (Å²) in [5, 5.41) is 3.52. The van der Waals surface area contributed by atoms with Gasteiger partial charge in [-0.25, -0.2) is 4.79 Å². The van der Waals surface area contributed by atoms with E-state index < -0.39 is 0 Å². The molecule has 0 aliphatic carbocycles. The van der Waals surface area contributed by atoms with Gasteiger partial charge in [-0.3, -0.25) is 0 Å². The van der Waals surface area contributed by atoms with Crippen LogP contribution in [0.4, 0.5) is 0 Å². The SMILES string of the molecule is CCOC(=O)c1ccccc1-c1ccc(CN=[N+]=[N-])cc1. The molecule has 2 aromatic rings. The molecule has 0 heterocycles. The molecule has 5 heteroatoms. The van der Waals surface area contributed by atoms with Crippen LogP contribution in [0.1, 0.15) is 22.8 Å². The van der Waals surface area contributed by atoms with Crippen LogP contribution in [-0.2, 0) is 11.3 Å². The van der Waals surface area contributed by atoms with E-state index in [9.17, 15) is 4.79 Å². The molecular weight excluding hydrogens is 266 g/mol. The normalized spacial score (nSPS) is 9.76. The minimum Gasteiger partial charge on any atom is -0.462 e. The topological polar surface area (TPSA) is 75.1 Å². The van der Waals surface area contributed by atoms with Crippen molar-refractivity contribution >= 4 is 5.97 Å². The van der Waals surface area contributed by atoms with Gasteiger partial charge < -0.3 is 4.74 Å². The highest BCUT2D eigenvalue weighted by Gasteiger charge is 2.12. The molecule has 0 atom stereocenters. The smallest absolute Gasteiger partial charge is 0.338 e. The van der Waals surface area contributed by atoms with Crippen molar-refractivity contribution in [1.29, 1.82) is 0 Å². The number of rotatable bonds is 5. The largest absolute Gasteiger partial charge is 0.462 e. The van der Waals surface area contributed by atoms with Crippen LogP contribution in [0.2, 0.25) is 0 Å². The van der Waals surface area contributed by atoms with Crippen LogP contribution in [0.3, 0.4) is 0 Å². The monoisotopic (exact) mass is 281 g/mol. The number of esters is 1. The second-order valence-corrected chi connectivity index (χ2v) is 4.35. The van der Waals surface area contributed by atoms with E-state index in [4.69, 9.17) is 10.3 Å². The van der Waals surface area contributed by atoms with Gasteiger partial charge in [0.2, 0.25) is 0 Å². The number of carbonyl (C=O) groups is 1. The summed E-state index contributed by atoms with van der Waals surface area (Å²) in [5.41, 5.74) is 11.5. The van der Waals surface area contributed by atoms with Crippen molar-refractivity contribution in [2.45, 2.75) is 13.5 Å². The fourth-order valence-electron chi connectivity index (χ4n) is 2.02. The van der Waals surface area contributed by atoms with Gasteiger partial charge >= 0.3 is 5.97 Å². The minimum absolute atomic E-state index is 0.316. The molecule has 2 rings (SSSR count). The minimum atomic E-state index is -0.328. The van der Waals surface area contributed by atoms with E-state index in [0.717, 1.165) is 16.7 Å². The predicted octanol–water partition coefficient (Wildman–Crippen LogP) is 4.34. The van der Waals surface area contributed by atoms with Gasteiger partial charge in [0.25, 0.3) is 0 Å². The van der Waals surface area contributed by atoms with E-state index in [1.54, 1.807) is 13.0 Å². The summed E-state index contributed by atoms with van der Waals surface area (Å²) in [6.45, 7) is 2.44. The van der Waals surface area contributed by atoms with Gasteiger partial charge in [-0.15, -0.1) is 0 Å². The molecule has 2 aromatic carbocycles. The predicted molar refractivity (Wildman–Crippen MR) is 80.7 cm³/mol. The molecule has 0 spiro atoms. The van der Waals surface area contributed by atoms with Gasteiger partial charge in [0.1, 0.15) is 0 Å². The van der Waals surface area contributed by atoms with Crippen LogP contribution < -0.4 is 0 Å². The van der Waals surface area contributed by atoms with Crippen molar-refractivity contribution in [3.63, 3.8) is 0 Å². The standard InChI is InChI=1S/C16H15N3O2/c1-2-21-16(20)15-6-4-3-5-14(15)13-9-7-12(8-10-13)11-18-19-17/h3-10H,2,11H2,1H3. The highest BCUT2D eigenvalue weighted by atomic mass is 16.5. The molecule has 106 valence electrons. The molecular formula is C16H15N3O2. The second kappa shape index (κ2) is 7.12. The molecule has 0 fully saturated rings. The van der Waals surface area contributed by atoms with Crippen LogP contribution in [0.25, 0.3) is 21.6 Å². The lowest BCUT2D eigenvalue weighted by Crippen LogP contribution is -2.06. The molecule has 0 amide bonds. The van der Waals surface area contributed by atoms with E-state index in [1.807, 2.05) is 42.5 Å². The summed E-state index contributed by atoms with van der Waals surface area (Å²) in [6.07, 6.45) is 0. The van der Waals surface area contributed by atoms with Crippen LogP contribution >= 0.6 is 0 Å². The average Bonchev–Trinajstić information content (AvgIpc) is 2.53. The Hall–Kier alpha value is -2.78. The van der Waals surface area contributed by atoms with E-state index >= 15 is 0 Å². The summed E-state index contributed by atoms with van der Waals surface area (Å²) in [6, 6.07) is 14.9. The number of benzene rings is 2. The molecule has 5 nitrogen and oxygen atoms in total. The molecule has 0 N–H and O–H groups in total. The van der Waals surface area contributed by atoms with E-state index in [0.29, 0.717) is 18.7 Å². The number of ether oxygens (including phenoxy) is 1. The Balaban J connectivity index is 2.33. The Labute approximate surface area is 122 Å². The zero-order chi connectivity index (χ0) is 15.1. The number of hydrogen-bond donors (Lipinski definition) is 0. The quantitative estimate of drug-likeness (QED) is 0.354. The molecule has 0 aromatic heterocycles. The van der Waals surface area contributed by atoms with Crippen molar-refractivity contribution in [2.24, 2.45) is 5.11 Å². The molecule has 0 saturated heterocycles. The Morgan fingerprint density at radius 2 is 1.90 bits per heavy atom. The third-order valence-corrected chi connectivity index (χ3v) is 3.00. The summed E-state index contributed by atoms with van der Waals surface area (Å²) < 4.78 is 5.07. The number of azide groups is 1. The van der Waals surface area contributed by atoms with Gasteiger partial charge in [0.05, 0.1) is 18.7 Å².